The smallest absolute Gasteiger partial charge is 0.322 e. The number of ether oxygens (including phenoxy) is 1. The fourth-order valence-corrected chi connectivity index (χ4v) is 1.09. The number of carbonyl (C=O) groups excluding carboxylic acids is 2. The Labute approximate surface area is 97.1 Å². The molecule has 0 aromatic rings. The molecule has 5 heteroatoms. The van der Waals surface area contributed by atoms with Crippen molar-refractivity contribution in [2.75, 3.05) is 27.2 Å². The molecule has 0 saturated heterocycles. The molecule has 0 fully saturated rings. The van der Waals surface area contributed by atoms with E-state index in [2.05, 4.69) is 10.1 Å². The summed E-state index contributed by atoms with van der Waals surface area (Å²) in [4.78, 5) is 24.3. The van der Waals surface area contributed by atoms with Gasteiger partial charge in [-0.2, -0.15) is 0 Å². The minimum Gasteiger partial charge on any atom is -0.468 e. The first kappa shape index (κ1) is 14.9. The van der Waals surface area contributed by atoms with Gasteiger partial charge in [0.25, 0.3) is 0 Å². The normalized spacial score (nSPS) is 12.7. The highest BCUT2D eigenvalue weighted by Gasteiger charge is 2.20. The average Bonchev–Trinajstić information content (AvgIpc) is 2.24. The number of hydrogen-bond acceptors (Lipinski definition) is 4. The zero-order chi connectivity index (χ0) is 12.7. The second-order valence-corrected chi connectivity index (χ2v) is 4.31. The molecule has 0 radical (unpaired) electrons. The maximum absolute atomic E-state index is 11.5. The van der Waals surface area contributed by atoms with Crippen molar-refractivity contribution < 1.29 is 14.3 Å². The lowest BCUT2D eigenvalue weighted by atomic mass is 10.2. The Morgan fingerprint density at radius 2 is 1.88 bits per heavy atom. The largest absolute Gasteiger partial charge is 0.468 e. The molecule has 1 N–H and O–H groups in total. The van der Waals surface area contributed by atoms with E-state index >= 15 is 0 Å². The zero-order valence-electron chi connectivity index (χ0n) is 10.7. The van der Waals surface area contributed by atoms with Gasteiger partial charge in [0.05, 0.1) is 13.7 Å². The van der Waals surface area contributed by atoms with Crippen molar-refractivity contribution in [2.45, 2.75) is 26.8 Å². The molecule has 0 aromatic carbocycles. The molecule has 16 heavy (non-hydrogen) atoms. The summed E-state index contributed by atoms with van der Waals surface area (Å²) in [6, 6.07) is -0.408. The molecular weight excluding hydrogens is 208 g/mol. The Balaban J connectivity index is 3.99. The van der Waals surface area contributed by atoms with E-state index in [4.69, 9.17) is 0 Å². The summed E-state index contributed by atoms with van der Waals surface area (Å²) in [7, 11) is 3.06. The number of methoxy groups -OCH3 is 1. The number of rotatable bonds is 6. The predicted octanol–water partition coefficient (Wildman–Crippen LogP) is 0.252. The standard InChI is InChI=1S/C11H22N2O3/c1-8(2)6-12-10(14)7-13(4)9(3)11(15)16-5/h8-9H,6-7H2,1-5H3,(H,12,14). The third kappa shape index (κ3) is 5.70. The lowest BCUT2D eigenvalue weighted by molar-refractivity contribution is -0.146. The zero-order valence-corrected chi connectivity index (χ0v) is 10.7. The number of esters is 1. The number of likely N-dealkylation sites (N-methyl/N-ethyl adjacent to an activating group) is 1. The fourth-order valence-electron chi connectivity index (χ4n) is 1.09. The van der Waals surface area contributed by atoms with Crippen LogP contribution in [0.25, 0.3) is 0 Å². The van der Waals surface area contributed by atoms with Gasteiger partial charge in [0.1, 0.15) is 6.04 Å². The Morgan fingerprint density at radius 1 is 1.31 bits per heavy atom. The van der Waals surface area contributed by atoms with Gasteiger partial charge in [-0.1, -0.05) is 13.8 Å². The van der Waals surface area contributed by atoms with E-state index in [-0.39, 0.29) is 18.4 Å². The maximum Gasteiger partial charge on any atom is 0.322 e. The number of nitrogens with zero attached hydrogens (tertiary/aromatic N) is 1. The molecule has 0 aliphatic carbocycles. The van der Waals surface area contributed by atoms with Crippen LogP contribution >= 0.6 is 0 Å². The minimum atomic E-state index is -0.408. The minimum absolute atomic E-state index is 0.0769. The Bertz CT molecular complexity index is 241. The molecule has 0 aromatic heterocycles. The van der Waals surface area contributed by atoms with E-state index in [0.29, 0.717) is 12.5 Å². The van der Waals surface area contributed by atoms with Crippen LogP contribution < -0.4 is 5.32 Å². The third-order valence-corrected chi connectivity index (χ3v) is 2.30. The topological polar surface area (TPSA) is 58.6 Å². The van der Waals surface area contributed by atoms with Crippen LogP contribution in [0.4, 0.5) is 0 Å². The number of amides is 1. The summed E-state index contributed by atoms with van der Waals surface area (Å²) in [5, 5.41) is 2.79. The van der Waals surface area contributed by atoms with Gasteiger partial charge in [0.15, 0.2) is 0 Å². The van der Waals surface area contributed by atoms with Gasteiger partial charge in [-0.05, 0) is 19.9 Å². The lowest BCUT2D eigenvalue weighted by Gasteiger charge is -2.21. The van der Waals surface area contributed by atoms with Crippen LogP contribution in [0.15, 0.2) is 0 Å². The van der Waals surface area contributed by atoms with Crippen molar-refractivity contribution in [1.82, 2.24) is 10.2 Å². The van der Waals surface area contributed by atoms with Crippen molar-refractivity contribution in [3.8, 4) is 0 Å². The summed E-state index contributed by atoms with van der Waals surface area (Å²) >= 11 is 0. The molecule has 0 aliphatic heterocycles. The van der Waals surface area contributed by atoms with Crippen molar-refractivity contribution >= 4 is 11.9 Å². The summed E-state index contributed by atoms with van der Waals surface area (Å²) in [5.41, 5.74) is 0. The van der Waals surface area contributed by atoms with Crippen LogP contribution in [0.1, 0.15) is 20.8 Å². The highest BCUT2D eigenvalue weighted by molar-refractivity contribution is 5.80. The summed E-state index contributed by atoms with van der Waals surface area (Å²) in [6.45, 7) is 6.62. The lowest BCUT2D eigenvalue weighted by Crippen LogP contribution is -2.43. The van der Waals surface area contributed by atoms with Crippen LogP contribution in [0.5, 0.6) is 0 Å². The number of nitrogens with one attached hydrogen (secondary N) is 1. The van der Waals surface area contributed by atoms with Crippen molar-refractivity contribution in [3.05, 3.63) is 0 Å². The molecule has 94 valence electrons. The van der Waals surface area contributed by atoms with Gasteiger partial charge < -0.3 is 10.1 Å². The average molecular weight is 230 g/mol. The SMILES string of the molecule is COC(=O)C(C)N(C)CC(=O)NCC(C)C. The van der Waals surface area contributed by atoms with Crippen molar-refractivity contribution in [2.24, 2.45) is 5.92 Å². The molecule has 0 saturated carbocycles. The first-order chi connectivity index (χ1) is 7.38. The van der Waals surface area contributed by atoms with Crippen LogP contribution in [0, 0.1) is 5.92 Å². The molecule has 0 rings (SSSR count). The monoisotopic (exact) mass is 230 g/mol. The van der Waals surface area contributed by atoms with E-state index in [1.807, 2.05) is 13.8 Å². The highest BCUT2D eigenvalue weighted by atomic mass is 16.5. The van der Waals surface area contributed by atoms with E-state index in [9.17, 15) is 9.59 Å². The van der Waals surface area contributed by atoms with Gasteiger partial charge in [-0.3, -0.25) is 14.5 Å². The maximum atomic E-state index is 11.5. The fraction of sp³-hybridized carbons (Fsp3) is 0.818. The third-order valence-electron chi connectivity index (χ3n) is 2.30. The van der Waals surface area contributed by atoms with Gasteiger partial charge in [-0.25, -0.2) is 0 Å². The van der Waals surface area contributed by atoms with E-state index in [1.54, 1.807) is 18.9 Å². The van der Waals surface area contributed by atoms with Gasteiger partial charge in [-0.15, -0.1) is 0 Å². The quantitative estimate of drug-likeness (QED) is 0.665. The van der Waals surface area contributed by atoms with Gasteiger partial charge in [0, 0.05) is 6.54 Å². The summed E-state index contributed by atoms with van der Waals surface area (Å²) < 4.78 is 4.60. The first-order valence-electron chi connectivity index (χ1n) is 5.43. The predicted molar refractivity (Wildman–Crippen MR) is 62.0 cm³/mol. The molecule has 1 atom stereocenters. The molecule has 1 unspecified atom stereocenters. The van der Waals surface area contributed by atoms with Crippen LogP contribution in [0.2, 0.25) is 0 Å². The summed E-state index contributed by atoms with van der Waals surface area (Å²) in [5.74, 6) is 0.0124. The highest BCUT2D eigenvalue weighted by Crippen LogP contribution is 1.97. The van der Waals surface area contributed by atoms with Crippen molar-refractivity contribution in [1.29, 1.82) is 0 Å². The second kappa shape index (κ2) is 7.22. The molecule has 0 heterocycles. The first-order valence-corrected chi connectivity index (χ1v) is 5.43. The van der Waals surface area contributed by atoms with Crippen molar-refractivity contribution in [3.63, 3.8) is 0 Å². The number of hydrogen-bond donors (Lipinski definition) is 1. The molecule has 0 aliphatic rings. The van der Waals surface area contributed by atoms with Gasteiger partial charge in [0.2, 0.25) is 5.91 Å². The Kier molecular flexibility index (Phi) is 6.72. The Morgan fingerprint density at radius 3 is 2.31 bits per heavy atom. The van der Waals surface area contributed by atoms with E-state index in [0.717, 1.165) is 0 Å². The molecular formula is C11H22N2O3. The van der Waals surface area contributed by atoms with E-state index in [1.165, 1.54) is 7.11 Å². The second-order valence-electron chi connectivity index (χ2n) is 4.31. The molecule has 5 nitrogen and oxygen atoms in total. The van der Waals surface area contributed by atoms with Crippen LogP contribution in [-0.4, -0.2) is 50.1 Å². The molecule has 0 spiro atoms. The van der Waals surface area contributed by atoms with Gasteiger partial charge >= 0.3 is 5.97 Å². The van der Waals surface area contributed by atoms with E-state index < -0.39 is 6.04 Å². The summed E-state index contributed by atoms with van der Waals surface area (Å²) in [6.07, 6.45) is 0. The van der Waals surface area contributed by atoms with Crippen LogP contribution in [-0.2, 0) is 14.3 Å². The molecule has 1 amide bonds. The number of carbonyl (C=O) groups is 2. The van der Waals surface area contributed by atoms with Crippen LogP contribution in [0.3, 0.4) is 0 Å². The Hall–Kier alpha value is -1.10. The molecule has 0 bridgehead atoms.